The molecule has 0 radical (unpaired) electrons. The Kier molecular flexibility index (Phi) is 4.56. The summed E-state index contributed by atoms with van der Waals surface area (Å²) in [6.07, 6.45) is 7.03. The zero-order chi connectivity index (χ0) is 14.7. The van der Waals surface area contributed by atoms with Crippen LogP contribution in [0, 0.1) is 0 Å². The minimum absolute atomic E-state index is 0.389. The lowest BCUT2D eigenvalue weighted by molar-refractivity contribution is 0.397. The first-order chi connectivity index (χ1) is 10.3. The Hall–Kier alpha value is -1.39. The van der Waals surface area contributed by atoms with Gasteiger partial charge in [0.2, 0.25) is 5.88 Å². The maximum absolute atomic E-state index is 5.16. The molecule has 112 valence electrons. The molecular weight excluding hydrogens is 280 g/mol. The molecule has 1 aliphatic rings. The van der Waals surface area contributed by atoms with Gasteiger partial charge in [-0.2, -0.15) is 0 Å². The van der Waals surface area contributed by atoms with Crippen LogP contribution in [-0.4, -0.2) is 12.1 Å². The zero-order valence-electron chi connectivity index (χ0n) is 12.7. The molecule has 1 aliphatic carbocycles. The first-order valence-corrected chi connectivity index (χ1v) is 8.41. The van der Waals surface area contributed by atoms with Crippen LogP contribution in [0.25, 0.3) is 0 Å². The molecule has 0 spiro atoms. The number of fused-ring (bicyclic) bond motifs is 1. The van der Waals surface area contributed by atoms with Gasteiger partial charge >= 0.3 is 0 Å². The van der Waals surface area contributed by atoms with Crippen molar-refractivity contribution < 1.29 is 4.74 Å². The zero-order valence-corrected chi connectivity index (χ0v) is 13.5. The highest BCUT2D eigenvalue weighted by Crippen LogP contribution is 2.32. The average molecular weight is 302 g/mol. The lowest BCUT2D eigenvalue weighted by Gasteiger charge is -2.12. The molecule has 0 saturated heterocycles. The number of hydrogen-bond acceptors (Lipinski definition) is 4. The monoisotopic (exact) mass is 302 g/mol. The van der Waals surface area contributed by atoms with Gasteiger partial charge in [0, 0.05) is 34.6 Å². The van der Waals surface area contributed by atoms with Gasteiger partial charge in [-0.3, -0.25) is 0 Å². The number of thiophene rings is 1. The first kappa shape index (κ1) is 14.5. The van der Waals surface area contributed by atoms with E-state index in [-0.39, 0.29) is 0 Å². The van der Waals surface area contributed by atoms with Crippen molar-refractivity contribution in [2.75, 3.05) is 7.11 Å². The SMILES string of the molecule is COc1cc(CNC(C)c2cc3c(s2)CCCC3)ccn1. The van der Waals surface area contributed by atoms with Crippen LogP contribution in [0.5, 0.6) is 5.88 Å². The molecule has 1 unspecified atom stereocenters. The topological polar surface area (TPSA) is 34.1 Å². The molecule has 2 aromatic rings. The van der Waals surface area contributed by atoms with Gasteiger partial charge in [-0.1, -0.05) is 0 Å². The van der Waals surface area contributed by atoms with E-state index < -0.39 is 0 Å². The fourth-order valence-electron chi connectivity index (χ4n) is 2.77. The quantitative estimate of drug-likeness (QED) is 0.910. The normalized spacial score (nSPS) is 15.5. The van der Waals surface area contributed by atoms with E-state index in [2.05, 4.69) is 23.3 Å². The van der Waals surface area contributed by atoms with Crippen LogP contribution in [0.2, 0.25) is 0 Å². The highest BCUT2D eigenvalue weighted by atomic mass is 32.1. The highest BCUT2D eigenvalue weighted by Gasteiger charge is 2.16. The predicted molar refractivity (Wildman–Crippen MR) is 87.0 cm³/mol. The summed E-state index contributed by atoms with van der Waals surface area (Å²) in [5.41, 5.74) is 2.79. The number of pyridine rings is 1. The molecule has 1 atom stereocenters. The number of ether oxygens (including phenoxy) is 1. The fourth-order valence-corrected chi connectivity index (χ4v) is 4.05. The average Bonchev–Trinajstić information content (AvgIpc) is 2.97. The summed E-state index contributed by atoms with van der Waals surface area (Å²) in [6.45, 7) is 3.08. The van der Waals surface area contributed by atoms with Crippen LogP contribution in [0.4, 0.5) is 0 Å². The number of rotatable bonds is 5. The van der Waals surface area contributed by atoms with Crippen LogP contribution >= 0.6 is 11.3 Å². The summed E-state index contributed by atoms with van der Waals surface area (Å²) >= 11 is 1.99. The van der Waals surface area contributed by atoms with Gasteiger partial charge in [-0.05, 0) is 55.9 Å². The van der Waals surface area contributed by atoms with Crippen molar-refractivity contribution in [1.82, 2.24) is 10.3 Å². The summed E-state index contributed by atoms with van der Waals surface area (Å²) in [5, 5.41) is 3.60. The van der Waals surface area contributed by atoms with E-state index in [0.29, 0.717) is 11.9 Å². The van der Waals surface area contributed by atoms with Gasteiger partial charge in [0.15, 0.2) is 0 Å². The molecule has 0 fully saturated rings. The van der Waals surface area contributed by atoms with E-state index in [1.807, 2.05) is 23.5 Å². The van der Waals surface area contributed by atoms with E-state index in [1.165, 1.54) is 36.1 Å². The molecule has 0 aromatic carbocycles. The number of methoxy groups -OCH3 is 1. The standard InChI is InChI=1S/C17H22N2OS/c1-12(16-10-14-5-3-4-6-15(14)21-16)19-11-13-7-8-18-17(9-13)20-2/h7-10,12,19H,3-6,11H2,1-2H3. The van der Waals surface area contributed by atoms with Crippen molar-refractivity contribution in [2.45, 2.75) is 45.2 Å². The minimum atomic E-state index is 0.389. The third-order valence-corrected chi connectivity index (χ3v) is 5.48. The summed E-state index contributed by atoms with van der Waals surface area (Å²) in [7, 11) is 1.65. The minimum Gasteiger partial charge on any atom is -0.481 e. The molecule has 21 heavy (non-hydrogen) atoms. The van der Waals surface area contributed by atoms with Crippen molar-refractivity contribution in [3.05, 3.63) is 45.3 Å². The van der Waals surface area contributed by atoms with E-state index >= 15 is 0 Å². The number of nitrogens with one attached hydrogen (secondary N) is 1. The van der Waals surface area contributed by atoms with E-state index in [4.69, 9.17) is 4.74 Å². The number of aryl methyl sites for hydroxylation is 2. The van der Waals surface area contributed by atoms with Crippen LogP contribution in [-0.2, 0) is 19.4 Å². The summed E-state index contributed by atoms with van der Waals surface area (Å²) in [5.74, 6) is 0.675. The Balaban J connectivity index is 1.63. The van der Waals surface area contributed by atoms with Crippen molar-refractivity contribution in [1.29, 1.82) is 0 Å². The number of nitrogens with zero attached hydrogens (tertiary/aromatic N) is 1. The first-order valence-electron chi connectivity index (χ1n) is 7.60. The highest BCUT2D eigenvalue weighted by molar-refractivity contribution is 7.12. The van der Waals surface area contributed by atoms with Crippen LogP contribution in [0.3, 0.4) is 0 Å². The lowest BCUT2D eigenvalue weighted by Crippen LogP contribution is -2.17. The second-order valence-electron chi connectivity index (χ2n) is 5.61. The van der Waals surface area contributed by atoms with Gasteiger partial charge in [0.25, 0.3) is 0 Å². The van der Waals surface area contributed by atoms with Crippen LogP contribution < -0.4 is 10.1 Å². The Morgan fingerprint density at radius 1 is 1.33 bits per heavy atom. The molecule has 4 heteroatoms. The third kappa shape index (κ3) is 3.44. The summed E-state index contributed by atoms with van der Waals surface area (Å²) in [6, 6.07) is 6.81. The second-order valence-corrected chi connectivity index (χ2v) is 6.78. The van der Waals surface area contributed by atoms with Crippen molar-refractivity contribution in [3.8, 4) is 5.88 Å². The predicted octanol–water partition coefficient (Wildman–Crippen LogP) is 3.88. The van der Waals surface area contributed by atoms with Gasteiger partial charge in [0.05, 0.1) is 7.11 Å². The maximum Gasteiger partial charge on any atom is 0.213 e. The van der Waals surface area contributed by atoms with Crippen molar-refractivity contribution in [2.24, 2.45) is 0 Å². The molecule has 3 nitrogen and oxygen atoms in total. The van der Waals surface area contributed by atoms with Crippen LogP contribution in [0.15, 0.2) is 24.4 Å². The smallest absolute Gasteiger partial charge is 0.213 e. The van der Waals surface area contributed by atoms with Crippen molar-refractivity contribution >= 4 is 11.3 Å². The Morgan fingerprint density at radius 2 is 2.19 bits per heavy atom. The van der Waals surface area contributed by atoms with E-state index in [9.17, 15) is 0 Å². The van der Waals surface area contributed by atoms with Crippen LogP contribution in [0.1, 0.15) is 46.7 Å². The molecule has 1 N–H and O–H groups in total. The third-order valence-electron chi connectivity index (χ3n) is 4.06. The lowest BCUT2D eigenvalue weighted by atomic mass is 9.99. The largest absolute Gasteiger partial charge is 0.481 e. The van der Waals surface area contributed by atoms with Gasteiger partial charge < -0.3 is 10.1 Å². The van der Waals surface area contributed by atoms with Gasteiger partial charge in [-0.15, -0.1) is 11.3 Å². The van der Waals surface area contributed by atoms with Gasteiger partial charge in [0.1, 0.15) is 0 Å². The molecule has 0 aliphatic heterocycles. The molecule has 3 rings (SSSR count). The number of aromatic nitrogens is 1. The molecular formula is C17H22N2OS. The second kappa shape index (κ2) is 6.58. The Labute approximate surface area is 130 Å². The number of hydrogen-bond donors (Lipinski definition) is 1. The molecule has 2 aromatic heterocycles. The molecule has 2 heterocycles. The summed E-state index contributed by atoms with van der Waals surface area (Å²) < 4.78 is 5.16. The Bertz CT molecular complexity index is 585. The molecule has 0 amide bonds. The fraction of sp³-hybridized carbons (Fsp3) is 0.471. The molecule has 0 saturated carbocycles. The van der Waals surface area contributed by atoms with Gasteiger partial charge in [-0.25, -0.2) is 4.98 Å². The maximum atomic E-state index is 5.16. The van der Waals surface area contributed by atoms with E-state index in [1.54, 1.807) is 23.7 Å². The van der Waals surface area contributed by atoms with E-state index in [0.717, 1.165) is 6.54 Å². The van der Waals surface area contributed by atoms with Crippen molar-refractivity contribution in [3.63, 3.8) is 0 Å². The Morgan fingerprint density at radius 3 is 3.00 bits per heavy atom. The molecule has 0 bridgehead atoms. The summed E-state index contributed by atoms with van der Waals surface area (Å²) in [4.78, 5) is 7.21.